The zero-order valence-electron chi connectivity index (χ0n) is 11.3. The van der Waals surface area contributed by atoms with Crippen LogP contribution in [0.1, 0.15) is 49.0 Å². The molecule has 5 heteroatoms. The Bertz CT molecular complexity index is 482. The van der Waals surface area contributed by atoms with E-state index < -0.39 is 0 Å². The molecule has 2 atom stereocenters. The highest BCUT2D eigenvalue weighted by molar-refractivity contribution is 8.06. The second-order valence-corrected chi connectivity index (χ2v) is 8.11. The maximum Gasteiger partial charge on any atom is 0.133 e. The van der Waals surface area contributed by atoms with Gasteiger partial charge in [0.2, 0.25) is 0 Å². The molecule has 2 unspecified atom stereocenters. The van der Waals surface area contributed by atoms with Crippen LogP contribution in [0.5, 0.6) is 0 Å². The predicted octanol–water partition coefficient (Wildman–Crippen LogP) is 4.48. The third-order valence-corrected chi connectivity index (χ3v) is 6.62. The number of nitrogens with zero attached hydrogens (tertiary/aromatic N) is 1. The molecule has 0 radical (unpaired) electrons. The zero-order valence-corrected chi connectivity index (χ0v) is 13.8. The Morgan fingerprint density at radius 3 is 2.56 bits per heavy atom. The zero-order chi connectivity index (χ0) is 13.3. The van der Waals surface area contributed by atoms with Crippen molar-refractivity contribution in [3.05, 3.63) is 21.7 Å². The first-order chi connectivity index (χ1) is 8.50. The van der Waals surface area contributed by atoms with E-state index in [0.717, 1.165) is 10.5 Å². The molecule has 2 nitrogen and oxygen atoms in total. The lowest BCUT2D eigenvalue weighted by Gasteiger charge is -2.27. The number of rotatable bonds is 2. The molecule has 1 aliphatic rings. The van der Waals surface area contributed by atoms with Crippen LogP contribution >= 0.6 is 35.7 Å². The summed E-state index contributed by atoms with van der Waals surface area (Å²) in [6, 6.07) is 0. The van der Waals surface area contributed by atoms with Gasteiger partial charge in [-0.1, -0.05) is 33.0 Å². The summed E-state index contributed by atoms with van der Waals surface area (Å²) in [7, 11) is 0. The molecule has 0 spiro atoms. The van der Waals surface area contributed by atoms with E-state index in [9.17, 15) is 0 Å². The summed E-state index contributed by atoms with van der Waals surface area (Å²) in [6.07, 6.45) is 0. The fourth-order valence-electron chi connectivity index (χ4n) is 2.37. The molecule has 1 aromatic rings. The van der Waals surface area contributed by atoms with E-state index in [1.54, 1.807) is 0 Å². The van der Waals surface area contributed by atoms with E-state index in [4.69, 9.17) is 12.2 Å². The summed E-state index contributed by atoms with van der Waals surface area (Å²) in [5, 5.41) is 1.05. The Morgan fingerprint density at radius 1 is 1.33 bits per heavy atom. The topological polar surface area (TPSA) is 28.7 Å². The van der Waals surface area contributed by atoms with Crippen LogP contribution in [0, 0.1) is 11.6 Å². The lowest BCUT2D eigenvalue weighted by atomic mass is 10.0. The van der Waals surface area contributed by atoms with Crippen molar-refractivity contribution >= 4 is 35.7 Å². The van der Waals surface area contributed by atoms with Crippen molar-refractivity contribution in [2.45, 2.75) is 44.1 Å². The molecule has 1 aromatic heterocycles. The fourth-order valence-corrected chi connectivity index (χ4v) is 5.56. The second kappa shape index (κ2) is 5.97. The van der Waals surface area contributed by atoms with Gasteiger partial charge < -0.3 is 4.98 Å². The van der Waals surface area contributed by atoms with Crippen molar-refractivity contribution in [1.82, 2.24) is 9.97 Å². The monoisotopic (exact) mass is 300 g/mol. The maximum atomic E-state index is 5.46. The highest BCUT2D eigenvalue weighted by atomic mass is 32.2. The Kier molecular flexibility index (Phi) is 4.78. The lowest BCUT2D eigenvalue weighted by molar-refractivity contribution is 0.768. The minimum Gasteiger partial charge on any atom is -0.346 e. The highest BCUT2D eigenvalue weighted by Crippen LogP contribution is 2.41. The third-order valence-electron chi connectivity index (χ3n) is 3.21. The number of hydrogen-bond acceptors (Lipinski definition) is 4. The molecule has 0 amide bonds. The summed E-state index contributed by atoms with van der Waals surface area (Å²) in [6.45, 7) is 8.73. The molecule has 1 aliphatic heterocycles. The Hall–Kier alpha value is -0.0000000000000000833. The van der Waals surface area contributed by atoms with E-state index in [-0.39, 0.29) is 0 Å². The van der Waals surface area contributed by atoms with Crippen molar-refractivity contribution in [2.75, 3.05) is 11.5 Å². The van der Waals surface area contributed by atoms with Gasteiger partial charge in [-0.2, -0.15) is 11.8 Å². The van der Waals surface area contributed by atoms with Gasteiger partial charge in [-0.25, -0.2) is 4.98 Å². The van der Waals surface area contributed by atoms with E-state index in [1.165, 1.54) is 22.8 Å². The molecule has 2 rings (SSSR count). The van der Waals surface area contributed by atoms with Crippen LogP contribution < -0.4 is 0 Å². The normalized spacial score (nSPS) is 24.5. The number of hydrogen-bond donors (Lipinski definition) is 1. The maximum absolute atomic E-state index is 5.46. The first-order valence-corrected chi connectivity index (χ1v) is 8.85. The van der Waals surface area contributed by atoms with E-state index >= 15 is 0 Å². The minimum absolute atomic E-state index is 0.432. The van der Waals surface area contributed by atoms with Gasteiger partial charge in [0.15, 0.2) is 0 Å². The van der Waals surface area contributed by atoms with Gasteiger partial charge in [0, 0.05) is 28.0 Å². The van der Waals surface area contributed by atoms with Crippen LogP contribution in [0.15, 0.2) is 0 Å². The van der Waals surface area contributed by atoms with Gasteiger partial charge in [0.1, 0.15) is 10.5 Å². The van der Waals surface area contributed by atoms with Crippen LogP contribution in [0.2, 0.25) is 0 Å². The summed E-state index contributed by atoms with van der Waals surface area (Å²) in [5.74, 6) is 3.94. The Balaban J connectivity index is 2.38. The molecule has 0 saturated carbocycles. The van der Waals surface area contributed by atoms with Crippen LogP contribution in [-0.2, 0) is 0 Å². The molecule has 2 heterocycles. The van der Waals surface area contributed by atoms with Gasteiger partial charge in [0.05, 0.1) is 5.25 Å². The van der Waals surface area contributed by atoms with Crippen LogP contribution in [-0.4, -0.2) is 26.7 Å². The van der Waals surface area contributed by atoms with Gasteiger partial charge in [-0.05, 0) is 12.8 Å². The molecule has 1 saturated heterocycles. The van der Waals surface area contributed by atoms with Crippen molar-refractivity contribution in [1.29, 1.82) is 0 Å². The molecular formula is C13H20N2S3. The first-order valence-electron chi connectivity index (χ1n) is 6.34. The van der Waals surface area contributed by atoms with E-state index in [2.05, 4.69) is 37.7 Å². The first kappa shape index (κ1) is 14.4. The number of thioether (sulfide) groups is 2. The smallest absolute Gasteiger partial charge is 0.133 e. The SMILES string of the molecule is Cc1[nH]c(C2SCCSC2C)nc(=S)c1C(C)C. The number of aryl methyl sites for hydroxylation is 1. The number of aromatic amines is 1. The minimum atomic E-state index is 0.432. The molecule has 0 aliphatic carbocycles. The van der Waals surface area contributed by atoms with Gasteiger partial charge in [-0.15, -0.1) is 11.8 Å². The Morgan fingerprint density at radius 2 is 2.00 bits per heavy atom. The third kappa shape index (κ3) is 2.94. The average molecular weight is 301 g/mol. The molecule has 0 aromatic carbocycles. The van der Waals surface area contributed by atoms with Crippen LogP contribution in [0.3, 0.4) is 0 Å². The van der Waals surface area contributed by atoms with Crippen molar-refractivity contribution in [2.24, 2.45) is 0 Å². The average Bonchev–Trinajstić information content (AvgIpc) is 2.27. The molecule has 18 heavy (non-hydrogen) atoms. The summed E-state index contributed by atoms with van der Waals surface area (Å²) in [4.78, 5) is 8.14. The quantitative estimate of drug-likeness (QED) is 0.815. The van der Waals surface area contributed by atoms with Gasteiger partial charge in [-0.3, -0.25) is 0 Å². The van der Waals surface area contributed by atoms with Crippen molar-refractivity contribution in [3.8, 4) is 0 Å². The standard InChI is InChI=1S/C13H20N2S3/c1-7(2)10-8(3)14-12(15-13(10)16)11-9(4)17-5-6-18-11/h7,9,11H,5-6H2,1-4H3,(H,14,15,16). The molecule has 100 valence electrons. The van der Waals surface area contributed by atoms with Gasteiger partial charge in [0.25, 0.3) is 0 Å². The molecule has 1 fully saturated rings. The Labute approximate surface area is 123 Å². The number of aromatic nitrogens is 2. The van der Waals surface area contributed by atoms with Gasteiger partial charge >= 0.3 is 0 Å². The summed E-state index contributed by atoms with van der Waals surface area (Å²) >= 11 is 9.49. The number of nitrogens with one attached hydrogen (secondary N) is 1. The largest absolute Gasteiger partial charge is 0.346 e. The lowest BCUT2D eigenvalue weighted by Crippen LogP contribution is -2.19. The summed E-state index contributed by atoms with van der Waals surface area (Å²) in [5.41, 5.74) is 2.37. The van der Waals surface area contributed by atoms with Crippen molar-refractivity contribution < 1.29 is 0 Å². The second-order valence-electron chi connectivity index (χ2n) is 4.99. The van der Waals surface area contributed by atoms with Crippen LogP contribution in [0.25, 0.3) is 0 Å². The molecule has 1 N–H and O–H groups in total. The fraction of sp³-hybridized carbons (Fsp3) is 0.692. The van der Waals surface area contributed by atoms with E-state index in [0.29, 0.717) is 16.4 Å². The highest BCUT2D eigenvalue weighted by Gasteiger charge is 2.26. The predicted molar refractivity (Wildman–Crippen MR) is 85.4 cm³/mol. The number of H-pyrrole nitrogens is 1. The summed E-state index contributed by atoms with van der Waals surface area (Å²) < 4.78 is 0.777. The van der Waals surface area contributed by atoms with Crippen LogP contribution in [0.4, 0.5) is 0 Å². The van der Waals surface area contributed by atoms with E-state index in [1.807, 2.05) is 23.5 Å². The molecular weight excluding hydrogens is 280 g/mol. The molecule has 0 bridgehead atoms. The van der Waals surface area contributed by atoms with Crippen molar-refractivity contribution in [3.63, 3.8) is 0 Å².